The van der Waals surface area contributed by atoms with E-state index in [1.165, 1.54) is 45.6 Å². The van der Waals surface area contributed by atoms with Crippen LogP contribution in [0.15, 0.2) is 0 Å². The Morgan fingerprint density at radius 2 is 1.82 bits per heavy atom. The minimum atomic E-state index is 0.328. The van der Waals surface area contributed by atoms with Crippen LogP contribution in [0.3, 0.4) is 0 Å². The Morgan fingerprint density at radius 1 is 1.14 bits per heavy atom. The lowest BCUT2D eigenvalue weighted by molar-refractivity contribution is -0.132. The molecule has 0 radical (unpaired) electrons. The summed E-state index contributed by atoms with van der Waals surface area (Å²) < 4.78 is 0. The van der Waals surface area contributed by atoms with E-state index in [1.807, 2.05) is 6.92 Å². The predicted octanol–water partition coefficient (Wildman–Crippen LogP) is 2.30. The van der Waals surface area contributed by atoms with E-state index in [-0.39, 0.29) is 0 Å². The number of carbonyl (C=O) groups excluding carboxylic acids is 1. The van der Waals surface area contributed by atoms with E-state index < -0.39 is 0 Å². The van der Waals surface area contributed by atoms with Crippen molar-refractivity contribution in [3.63, 3.8) is 0 Å². The third kappa shape index (κ3) is 4.95. The van der Waals surface area contributed by atoms with Gasteiger partial charge in [0.15, 0.2) is 0 Å². The highest BCUT2D eigenvalue weighted by Crippen LogP contribution is 2.21. The lowest BCUT2D eigenvalue weighted by Crippen LogP contribution is -2.54. The van der Waals surface area contributed by atoms with Crippen LogP contribution in [0.5, 0.6) is 0 Å². The highest BCUT2D eigenvalue weighted by atomic mass is 16.2. The summed E-state index contributed by atoms with van der Waals surface area (Å²) in [5.41, 5.74) is 0. The van der Waals surface area contributed by atoms with Gasteiger partial charge in [-0.1, -0.05) is 20.8 Å². The van der Waals surface area contributed by atoms with Crippen LogP contribution in [0.25, 0.3) is 0 Å². The summed E-state index contributed by atoms with van der Waals surface area (Å²) in [4.78, 5) is 19.1. The second-order valence-corrected chi connectivity index (χ2v) is 7.68. The molecule has 0 aliphatic carbocycles. The largest absolute Gasteiger partial charge is 0.343 e. The molecule has 2 aliphatic heterocycles. The van der Waals surface area contributed by atoms with Gasteiger partial charge < -0.3 is 9.80 Å². The number of nitrogens with zero attached hydrogens (tertiary/aromatic N) is 3. The van der Waals surface area contributed by atoms with Crippen LogP contribution in [0.1, 0.15) is 47.0 Å². The predicted molar refractivity (Wildman–Crippen MR) is 91.9 cm³/mol. The molecule has 4 heteroatoms. The summed E-state index contributed by atoms with van der Waals surface area (Å²) in [5.74, 6) is 1.87. The fourth-order valence-electron chi connectivity index (χ4n) is 3.94. The van der Waals surface area contributed by atoms with Crippen LogP contribution in [-0.4, -0.2) is 72.5 Å². The highest BCUT2D eigenvalue weighted by Gasteiger charge is 2.28. The Hall–Kier alpha value is -0.610. The summed E-state index contributed by atoms with van der Waals surface area (Å²) in [6.07, 6.45) is 3.02. The van der Waals surface area contributed by atoms with Gasteiger partial charge in [-0.3, -0.25) is 9.69 Å². The van der Waals surface area contributed by atoms with E-state index in [4.69, 9.17) is 0 Å². The maximum absolute atomic E-state index is 11.7. The van der Waals surface area contributed by atoms with Crippen molar-refractivity contribution in [2.24, 2.45) is 11.8 Å². The summed E-state index contributed by atoms with van der Waals surface area (Å²) in [6, 6.07) is 0.669. The maximum Gasteiger partial charge on any atom is 0.222 e. The van der Waals surface area contributed by atoms with Crippen LogP contribution < -0.4 is 0 Å². The monoisotopic (exact) mass is 309 g/mol. The molecule has 0 aromatic heterocycles. The molecular formula is C18H35N3O. The van der Waals surface area contributed by atoms with Crippen molar-refractivity contribution in [1.82, 2.24) is 14.7 Å². The molecule has 4 nitrogen and oxygen atoms in total. The van der Waals surface area contributed by atoms with E-state index in [9.17, 15) is 4.79 Å². The smallest absolute Gasteiger partial charge is 0.222 e. The second-order valence-electron chi connectivity index (χ2n) is 7.68. The number of carbonyl (C=O) groups is 1. The number of hydrogen-bond acceptors (Lipinski definition) is 3. The van der Waals surface area contributed by atoms with Crippen molar-refractivity contribution in [1.29, 1.82) is 0 Å². The van der Waals surface area contributed by atoms with E-state index in [0.29, 0.717) is 18.4 Å². The third-order valence-corrected chi connectivity index (χ3v) is 5.23. The molecule has 1 amide bonds. The van der Waals surface area contributed by atoms with Crippen molar-refractivity contribution in [3.05, 3.63) is 0 Å². The summed E-state index contributed by atoms with van der Waals surface area (Å²) in [7, 11) is 0. The van der Waals surface area contributed by atoms with Gasteiger partial charge in [-0.25, -0.2) is 0 Å². The van der Waals surface area contributed by atoms with Gasteiger partial charge in [0, 0.05) is 58.3 Å². The molecule has 0 saturated carbocycles. The molecule has 2 aliphatic rings. The highest BCUT2D eigenvalue weighted by molar-refractivity contribution is 5.75. The van der Waals surface area contributed by atoms with Gasteiger partial charge in [-0.05, 0) is 31.6 Å². The molecular weight excluding hydrogens is 274 g/mol. The first kappa shape index (κ1) is 17.7. The van der Waals surface area contributed by atoms with E-state index in [0.717, 1.165) is 24.9 Å². The number of amides is 1. The van der Waals surface area contributed by atoms with Gasteiger partial charge in [0.05, 0.1) is 0 Å². The van der Waals surface area contributed by atoms with Crippen LogP contribution in [0.2, 0.25) is 0 Å². The SMILES string of the molecule is CCC(=O)N1CCC(CN2CCN(CC(C)C)CC2C)CC1. The first-order valence-corrected chi connectivity index (χ1v) is 9.23. The van der Waals surface area contributed by atoms with E-state index >= 15 is 0 Å². The lowest BCUT2D eigenvalue weighted by Gasteiger charge is -2.43. The Balaban J connectivity index is 1.73. The van der Waals surface area contributed by atoms with Gasteiger partial charge in [0.2, 0.25) is 5.91 Å². The van der Waals surface area contributed by atoms with E-state index in [2.05, 4.69) is 35.5 Å². The quantitative estimate of drug-likeness (QED) is 0.780. The molecule has 1 atom stereocenters. The molecule has 2 saturated heterocycles. The normalized spacial score (nSPS) is 25.9. The third-order valence-electron chi connectivity index (χ3n) is 5.23. The van der Waals surface area contributed by atoms with Crippen molar-refractivity contribution in [2.45, 2.75) is 53.0 Å². The Morgan fingerprint density at radius 3 is 2.36 bits per heavy atom. The Labute approximate surface area is 136 Å². The summed E-state index contributed by atoms with van der Waals surface area (Å²) in [5, 5.41) is 0. The number of piperidine rings is 1. The average molecular weight is 309 g/mol. The van der Waals surface area contributed by atoms with Crippen molar-refractivity contribution >= 4 is 5.91 Å². The van der Waals surface area contributed by atoms with Gasteiger partial charge in [0.1, 0.15) is 0 Å². The summed E-state index contributed by atoms with van der Waals surface area (Å²) >= 11 is 0. The molecule has 0 bridgehead atoms. The topological polar surface area (TPSA) is 26.8 Å². The maximum atomic E-state index is 11.7. The minimum Gasteiger partial charge on any atom is -0.343 e. The van der Waals surface area contributed by atoms with Crippen molar-refractivity contribution < 1.29 is 4.79 Å². The van der Waals surface area contributed by atoms with Crippen molar-refractivity contribution in [2.75, 3.05) is 45.8 Å². The fraction of sp³-hybridized carbons (Fsp3) is 0.944. The fourth-order valence-corrected chi connectivity index (χ4v) is 3.94. The molecule has 2 rings (SSSR count). The Kier molecular flexibility index (Phi) is 6.69. The Bertz CT molecular complexity index is 350. The number of piperazine rings is 1. The molecule has 2 fully saturated rings. The minimum absolute atomic E-state index is 0.328. The first-order valence-electron chi connectivity index (χ1n) is 9.23. The number of likely N-dealkylation sites (tertiary alicyclic amines) is 1. The second kappa shape index (κ2) is 8.30. The van der Waals surface area contributed by atoms with Gasteiger partial charge >= 0.3 is 0 Å². The van der Waals surface area contributed by atoms with E-state index in [1.54, 1.807) is 0 Å². The van der Waals surface area contributed by atoms with Crippen LogP contribution >= 0.6 is 0 Å². The first-order chi connectivity index (χ1) is 10.5. The zero-order chi connectivity index (χ0) is 16.1. The molecule has 22 heavy (non-hydrogen) atoms. The number of hydrogen-bond donors (Lipinski definition) is 0. The number of rotatable bonds is 5. The average Bonchev–Trinajstić information content (AvgIpc) is 2.49. The molecule has 0 spiro atoms. The standard InChI is InChI=1S/C18H35N3O/c1-5-18(22)20-8-6-17(7-9-20)14-21-11-10-19(12-15(2)3)13-16(21)4/h15-17H,5-14H2,1-4H3. The van der Waals surface area contributed by atoms with Crippen LogP contribution in [0, 0.1) is 11.8 Å². The molecule has 128 valence electrons. The zero-order valence-electron chi connectivity index (χ0n) is 15.1. The molecule has 0 aromatic carbocycles. The molecule has 1 unspecified atom stereocenters. The van der Waals surface area contributed by atoms with Gasteiger partial charge in [-0.15, -0.1) is 0 Å². The zero-order valence-corrected chi connectivity index (χ0v) is 15.1. The molecule has 0 N–H and O–H groups in total. The molecule has 2 heterocycles. The van der Waals surface area contributed by atoms with Crippen molar-refractivity contribution in [3.8, 4) is 0 Å². The van der Waals surface area contributed by atoms with Crippen LogP contribution in [0.4, 0.5) is 0 Å². The van der Waals surface area contributed by atoms with Crippen LogP contribution in [-0.2, 0) is 4.79 Å². The summed E-state index contributed by atoms with van der Waals surface area (Å²) in [6.45, 7) is 17.0. The van der Waals surface area contributed by atoms with Gasteiger partial charge in [-0.2, -0.15) is 0 Å². The van der Waals surface area contributed by atoms with Gasteiger partial charge in [0.25, 0.3) is 0 Å². The lowest BCUT2D eigenvalue weighted by atomic mass is 9.95. The molecule has 0 aromatic rings.